The lowest BCUT2D eigenvalue weighted by molar-refractivity contribution is 0.507. The number of aromatic nitrogens is 2. The molecule has 4 nitrogen and oxygen atoms in total. The van der Waals surface area contributed by atoms with Crippen molar-refractivity contribution < 1.29 is 4.42 Å². The maximum atomic E-state index is 5.73. The van der Waals surface area contributed by atoms with Gasteiger partial charge in [-0.15, -0.1) is 0 Å². The highest BCUT2D eigenvalue weighted by Gasteiger charge is 2.06. The first-order valence-electron chi connectivity index (χ1n) is 5.97. The molecule has 0 spiro atoms. The molecule has 0 aliphatic carbocycles. The summed E-state index contributed by atoms with van der Waals surface area (Å²) in [5.74, 6) is 2.03. The molecule has 0 bridgehead atoms. The summed E-state index contributed by atoms with van der Waals surface area (Å²) in [6, 6.07) is 5.73. The highest BCUT2D eigenvalue weighted by Crippen LogP contribution is 2.21. The first-order chi connectivity index (χ1) is 8.29. The van der Waals surface area contributed by atoms with Crippen molar-refractivity contribution in [3.05, 3.63) is 30.2 Å². The summed E-state index contributed by atoms with van der Waals surface area (Å²) in [4.78, 5) is 7.98. The molecule has 0 atom stereocenters. The van der Waals surface area contributed by atoms with E-state index in [2.05, 4.69) is 16.9 Å². The van der Waals surface area contributed by atoms with Gasteiger partial charge in [0.15, 0.2) is 5.76 Å². The van der Waals surface area contributed by atoms with Crippen LogP contribution in [0, 0.1) is 0 Å². The van der Waals surface area contributed by atoms with Gasteiger partial charge in [-0.3, -0.25) is 0 Å². The molecule has 0 fully saturated rings. The number of rotatable bonds is 5. The lowest BCUT2D eigenvalue weighted by Gasteiger charge is -1.98. The van der Waals surface area contributed by atoms with Gasteiger partial charge in [0.1, 0.15) is 11.5 Å². The van der Waals surface area contributed by atoms with Crippen LogP contribution in [0.3, 0.4) is 0 Å². The van der Waals surface area contributed by atoms with Crippen molar-refractivity contribution in [2.45, 2.75) is 32.6 Å². The fourth-order valence-corrected chi connectivity index (χ4v) is 1.71. The average Bonchev–Trinajstić information content (AvgIpc) is 2.78. The van der Waals surface area contributed by atoms with Crippen molar-refractivity contribution in [1.29, 1.82) is 0 Å². The second-order valence-corrected chi connectivity index (χ2v) is 4.02. The predicted molar refractivity (Wildman–Crippen MR) is 67.4 cm³/mol. The van der Waals surface area contributed by atoms with E-state index in [0.717, 1.165) is 30.1 Å². The zero-order chi connectivity index (χ0) is 12.1. The van der Waals surface area contributed by atoms with E-state index in [0.29, 0.717) is 0 Å². The zero-order valence-electron chi connectivity index (χ0n) is 10.0. The predicted octanol–water partition coefficient (Wildman–Crippen LogP) is 3.05. The first kappa shape index (κ1) is 11.6. The molecule has 0 saturated carbocycles. The minimum absolute atomic E-state index is 0.270. The van der Waals surface area contributed by atoms with E-state index in [1.165, 1.54) is 12.8 Å². The van der Waals surface area contributed by atoms with Gasteiger partial charge in [0, 0.05) is 12.6 Å². The largest absolute Gasteiger partial charge is 0.459 e. The molecule has 2 N–H and O–H groups in total. The molecule has 4 heteroatoms. The van der Waals surface area contributed by atoms with Gasteiger partial charge in [0.2, 0.25) is 5.95 Å². The molecular formula is C13H17N3O. The van der Waals surface area contributed by atoms with Crippen molar-refractivity contribution in [2.75, 3.05) is 5.73 Å². The lowest BCUT2D eigenvalue weighted by Crippen LogP contribution is -1.94. The van der Waals surface area contributed by atoms with Gasteiger partial charge in [-0.1, -0.05) is 19.8 Å². The van der Waals surface area contributed by atoms with Crippen LogP contribution in [0.15, 0.2) is 28.8 Å². The Balaban J connectivity index is 2.07. The molecule has 0 amide bonds. The van der Waals surface area contributed by atoms with E-state index >= 15 is 0 Å². The smallest absolute Gasteiger partial charge is 0.220 e. The fraction of sp³-hybridized carbons (Fsp3) is 0.385. The Morgan fingerprint density at radius 1 is 1.24 bits per heavy atom. The monoisotopic (exact) mass is 231 g/mol. The van der Waals surface area contributed by atoms with Crippen LogP contribution < -0.4 is 5.73 Å². The number of nitrogen functional groups attached to an aromatic ring is 1. The van der Waals surface area contributed by atoms with Crippen molar-refractivity contribution >= 4 is 5.95 Å². The van der Waals surface area contributed by atoms with Crippen molar-refractivity contribution in [3.8, 4) is 11.5 Å². The highest BCUT2D eigenvalue weighted by atomic mass is 16.3. The van der Waals surface area contributed by atoms with Gasteiger partial charge in [0.05, 0.1) is 0 Å². The number of anilines is 1. The minimum Gasteiger partial charge on any atom is -0.459 e. The van der Waals surface area contributed by atoms with Crippen LogP contribution in [0.5, 0.6) is 0 Å². The Bertz CT molecular complexity index is 479. The van der Waals surface area contributed by atoms with Crippen molar-refractivity contribution in [1.82, 2.24) is 9.97 Å². The molecular weight excluding hydrogens is 214 g/mol. The van der Waals surface area contributed by atoms with Gasteiger partial charge >= 0.3 is 0 Å². The maximum Gasteiger partial charge on any atom is 0.220 e. The van der Waals surface area contributed by atoms with Gasteiger partial charge in [-0.2, -0.15) is 0 Å². The zero-order valence-corrected chi connectivity index (χ0v) is 10.0. The second kappa shape index (κ2) is 5.48. The summed E-state index contributed by atoms with van der Waals surface area (Å²) in [5, 5.41) is 0. The number of nitrogens with two attached hydrogens (primary N) is 1. The number of aryl methyl sites for hydroxylation is 1. The number of unbranched alkanes of at least 4 members (excludes halogenated alkanes) is 2. The molecule has 90 valence electrons. The quantitative estimate of drug-likeness (QED) is 0.803. The van der Waals surface area contributed by atoms with Crippen LogP contribution in [0.2, 0.25) is 0 Å². The number of furan rings is 1. The fourth-order valence-electron chi connectivity index (χ4n) is 1.71. The Labute approximate surface area is 101 Å². The summed E-state index contributed by atoms with van der Waals surface area (Å²) in [6.45, 7) is 2.19. The third-order valence-electron chi connectivity index (χ3n) is 2.62. The summed E-state index contributed by atoms with van der Waals surface area (Å²) in [7, 11) is 0. The summed E-state index contributed by atoms with van der Waals surface area (Å²) >= 11 is 0. The third-order valence-corrected chi connectivity index (χ3v) is 2.62. The van der Waals surface area contributed by atoms with E-state index in [4.69, 9.17) is 10.2 Å². The normalized spacial score (nSPS) is 10.6. The average molecular weight is 231 g/mol. The molecule has 2 rings (SSSR count). The summed E-state index contributed by atoms with van der Waals surface area (Å²) in [5.41, 5.74) is 6.27. The number of nitrogens with zero attached hydrogens (tertiary/aromatic N) is 2. The van der Waals surface area contributed by atoms with Crippen LogP contribution in [0.1, 0.15) is 31.9 Å². The van der Waals surface area contributed by atoms with E-state index in [1.54, 1.807) is 12.3 Å². The van der Waals surface area contributed by atoms with Crippen LogP contribution in [-0.4, -0.2) is 9.97 Å². The van der Waals surface area contributed by atoms with E-state index < -0.39 is 0 Å². The molecule has 2 aromatic heterocycles. The van der Waals surface area contributed by atoms with Crippen LogP contribution >= 0.6 is 0 Å². The van der Waals surface area contributed by atoms with Crippen LogP contribution in [0.25, 0.3) is 11.5 Å². The van der Waals surface area contributed by atoms with E-state index in [-0.39, 0.29) is 5.95 Å². The molecule has 17 heavy (non-hydrogen) atoms. The first-order valence-corrected chi connectivity index (χ1v) is 5.97. The molecule has 0 unspecified atom stereocenters. The van der Waals surface area contributed by atoms with Crippen LogP contribution in [0.4, 0.5) is 5.95 Å². The third kappa shape index (κ3) is 3.06. The molecule has 2 aromatic rings. The maximum absolute atomic E-state index is 5.73. The molecule has 0 saturated heterocycles. The second-order valence-electron chi connectivity index (χ2n) is 4.02. The standard InChI is InChI=1S/C13H17N3O/c1-2-3-4-5-10-6-7-12(17-10)11-8-9-15-13(14)16-11/h6-9H,2-5H2,1H3,(H2,14,15,16). The minimum atomic E-state index is 0.270. The number of hydrogen-bond acceptors (Lipinski definition) is 4. The Morgan fingerprint density at radius 2 is 2.12 bits per heavy atom. The van der Waals surface area contributed by atoms with Gasteiger partial charge in [-0.25, -0.2) is 9.97 Å². The highest BCUT2D eigenvalue weighted by molar-refractivity contribution is 5.53. The van der Waals surface area contributed by atoms with Crippen molar-refractivity contribution in [3.63, 3.8) is 0 Å². The lowest BCUT2D eigenvalue weighted by atomic mass is 10.2. The Morgan fingerprint density at radius 3 is 2.88 bits per heavy atom. The van der Waals surface area contributed by atoms with Gasteiger partial charge < -0.3 is 10.2 Å². The van der Waals surface area contributed by atoms with E-state index in [9.17, 15) is 0 Å². The SMILES string of the molecule is CCCCCc1ccc(-c2ccnc(N)n2)o1. The summed E-state index contributed by atoms with van der Waals surface area (Å²) in [6.07, 6.45) is 6.23. The molecule has 0 aliphatic heterocycles. The van der Waals surface area contributed by atoms with Crippen LogP contribution in [-0.2, 0) is 6.42 Å². The molecule has 2 heterocycles. The molecule has 0 aliphatic rings. The van der Waals surface area contributed by atoms with Crippen molar-refractivity contribution in [2.24, 2.45) is 0 Å². The Hall–Kier alpha value is -1.84. The van der Waals surface area contributed by atoms with Gasteiger partial charge in [-0.05, 0) is 24.6 Å². The summed E-state index contributed by atoms with van der Waals surface area (Å²) < 4.78 is 5.73. The molecule has 0 aromatic carbocycles. The molecule has 0 radical (unpaired) electrons. The number of hydrogen-bond donors (Lipinski definition) is 1. The Kier molecular flexibility index (Phi) is 3.75. The van der Waals surface area contributed by atoms with Gasteiger partial charge in [0.25, 0.3) is 0 Å². The van der Waals surface area contributed by atoms with E-state index in [1.807, 2.05) is 12.1 Å². The topological polar surface area (TPSA) is 64.9 Å².